The summed E-state index contributed by atoms with van der Waals surface area (Å²) >= 11 is 2.05. The number of Topliss-reactive ketones (excluding diaryl/α,β-unsaturated/α-hetero) is 1. The van der Waals surface area contributed by atoms with E-state index < -0.39 is 0 Å². The first-order valence-corrected chi connectivity index (χ1v) is 10.6. The molecule has 2 aliphatic heterocycles. The van der Waals surface area contributed by atoms with Crippen LogP contribution in [0, 0.1) is 6.92 Å². The lowest BCUT2D eigenvalue weighted by atomic mass is 9.93. The zero-order chi connectivity index (χ0) is 17.4. The van der Waals surface area contributed by atoms with Crippen LogP contribution in [0.2, 0.25) is 0 Å². The first kappa shape index (κ1) is 17.2. The van der Waals surface area contributed by atoms with Crippen LogP contribution in [0.25, 0.3) is 0 Å². The molecule has 2 fully saturated rings. The second kappa shape index (κ2) is 7.16. The molecule has 25 heavy (non-hydrogen) atoms. The summed E-state index contributed by atoms with van der Waals surface area (Å²) in [6, 6.07) is 0.684. The van der Waals surface area contributed by atoms with Gasteiger partial charge in [-0.15, -0.1) is 0 Å². The summed E-state index contributed by atoms with van der Waals surface area (Å²) < 4.78 is 5.75. The number of rotatable bonds is 2. The Hall–Kier alpha value is -1.27. The lowest BCUT2D eigenvalue weighted by Gasteiger charge is -2.40. The number of aryl methyl sites for hydroxylation is 2. The number of ketones is 1. The molecular weight excluding hydrogens is 336 g/mol. The normalized spacial score (nSPS) is 22.9. The van der Waals surface area contributed by atoms with Crippen LogP contribution >= 0.6 is 11.8 Å². The standard InChI is InChI=1S/C19H26N2O3S/c1-13-17(18-15(22)3-2-4-16(18)24-13)19(23)21-9-7-20(8-10-21)14-5-11-25-12-6-14/h14H,2-12H2,1H3. The highest BCUT2D eigenvalue weighted by Crippen LogP contribution is 2.31. The van der Waals surface area contributed by atoms with E-state index in [0.29, 0.717) is 29.3 Å². The smallest absolute Gasteiger partial charge is 0.258 e. The number of hydrogen-bond donors (Lipinski definition) is 0. The number of amides is 1. The van der Waals surface area contributed by atoms with Gasteiger partial charge in [-0.3, -0.25) is 14.5 Å². The number of carbonyl (C=O) groups excluding carboxylic acids is 2. The Morgan fingerprint density at radius 2 is 1.84 bits per heavy atom. The number of hydrogen-bond acceptors (Lipinski definition) is 5. The van der Waals surface area contributed by atoms with E-state index >= 15 is 0 Å². The SMILES string of the molecule is Cc1oc2c(c1C(=O)N1CCN(C3CCSCC3)CC1)C(=O)CCC2. The summed E-state index contributed by atoms with van der Waals surface area (Å²) in [6.45, 7) is 5.18. The van der Waals surface area contributed by atoms with E-state index in [1.165, 1.54) is 24.3 Å². The lowest BCUT2D eigenvalue weighted by Crippen LogP contribution is -2.52. The second-order valence-corrected chi connectivity index (χ2v) is 8.50. The van der Waals surface area contributed by atoms with Crippen LogP contribution in [0.3, 0.4) is 0 Å². The fourth-order valence-corrected chi connectivity index (χ4v) is 5.45. The third-order valence-electron chi connectivity index (χ3n) is 5.77. The molecule has 0 N–H and O–H groups in total. The summed E-state index contributed by atoms with van der Waals surface area (Å²) in [5.41, 5.74) is 1.10. The molecule has 0 unspecified atom stereocenters. The van der Waals surface area contributed by atoms with Crippen LogP contribution in [0.4, 0.5) is 0 Å². The quantitative estimate of drug-likeness (QED) is 0.810. The molecule has 1 amide bonds. The van der Waals surface area contributed by atoms with Crippen LogP contribution in [0.5, 0.6) is 0 Å². The van der Waals surface area contributed by atoms with Crippen molar-refractivity contribution in [2.75, 3.05) is 37.7 Å². The van der Waals surface area contributed by atoms with Gasteiger partial charge in [0.1, 0.15) is 11.5 Å². The van der Waals surface area contributed by atoms with Crippen LogP contribution in [-0.4, -0.2) is 65.2 Å². The summed E-state index contributed by atoms with van der Waals surface area (Å²) in [7, 11) is 0. The Morgan fingerprint density at radius 1 is 1.12 bits per heavy atom. The molecule has 0 aromatic carbocycles. The van der Waals surface area contributed by atoms with Crippen molar-refractivity contribution in [3.05, 3.63) is 22.6 Å². The molecule has 5 nitrogen and oxygen atoms in total. The number of fused-ring (bicyclic) bond motifs is 1. The van der Waals surface area contributed by atoms with E-state index in [2.05, 4.69) is 4.90 Å². The van der Waals surface area contributed by atoms with E-state index in [9.17, 15) is 9.59 Å². The molecular formula is C19H26N2O3S. The maximum absolute atomic E-state index is 13.1. The topological polar surface area (TPSA) is 53.8 Å². The summed E-state index contributed by atoms with van der Waals surface area (Å²) in [6.07, 6.45) is 4.65. The maximum atomic E-state index is 13.1. The van der Waals surface area contributed by atoms with E-state index in [0.717, 1.165) is 44.8 Å². The zero-order valence-electron chi connectivity index (χ0n) is 14.9. The number of thioether (sulfide) groups is 1. The van der Waals surface area contributed by atoms with Crippen LogP contribution < -0.4 is 0 Å². The molecule has 1 aromatic rings. The van der Waals surface area contributed by atoms with E-state index in [4.69, 9.17) is 4.42 Å². The number of piperazine rings is 1. The summed E-state index contributed by atoms with van der Waals surface area (Å²) in [5.74, 6) is 3.89. The molecule has 6 heteroatoms. The van der Waals surface area contributed by atoms with Gasteiger partial charge in [-0.05, 0) is 37.7 Å². The van der Waals surface area contributed by atoms with E-state index in [1.807, 2.05) is 23.6 Å². The predicted molar refractivity (Wildman–Crippen MR) is 98.5 cm³/mol. The minimum absolute atomic E-state index is 0.0170. The molecule has 136 valence electrons. The van der Waals surface area contributed by atoms with Crippen molar-refractivity contribution in [2.24, 2.45) is 0 Å². The molecule has 0 saturated carbocycles. The second-order valence-electron chi connectivity index (χ2n) is 7.28. The van der Waals surface area contributed by atoms with Crippen molar-refractivity contribution < 1.29 is 14.0 Å². The number of furan rings is 1. The fourth-order valence-electron chi connectivity index (χ4n) is 4.36. The third kappa shape index (κ3) is 3.26. The average molecular weight is 362 g/mol. The van der Waals surface area contributed by atoms with Crippen molar-refractivity contribution in [2.45, 2.75) is 45.1 Å². The average Bonchev–Trinajstić information content (AvgIpc) is 2.99. The Balaban J connectivity index is 1.46. The van der Waals surface area contributed by atoms with Crippen molar-refractivity contribution in [1.82, 2.24) is 9.80 Å². The van der Waals surface area contributed by atoms with Crippen molar-refractivity contribution in [1.29, 1.82) is 0 Å². The van der Waals surface area contributed by atoms with Gasteiger partial charge in [0.05, 0.1) is 11.1 Å². The van der Waals surface area contributed by atoms with Crippen molar-refractivity contribution in [3.63, 3.8) is 0 Å². The summed E-state index contributed by atoms with van der Waals surface area (Å²) in [5, 5.41) is 0. The van der Waals surface area contributed by atoms with Gasteiger partial charge in [-0.1, -0.05) is 0 Å². The largest absolute Gasteiger partial charge is 0.465 e. The Morgan fingerprint density at radius 3 is 2.56 bits per heavy atom. The van der Waals surface area contributed by atoms with Gasteiger partial charge >= 0.3 is 0 Å². The molecule has 3 aliphatic rings. The molecule has 0 atom stereocenters. The minimum Gasteiger partial charge on any atom is -0.465 e. The van der Waals surface area contributed by atoms with Gasteiger partial charge < -0.3 is 9.32 Å². The highest BCUT2D eigenvalue weighted by molar-refractivity contribution is 7.99. The van der Waals surface area contributed by atoms with Gasteiger partial charge in [-0.25, -0.2) is 0 Å². The predicted octanol–water partition coefficient (Wildman–Crippen LogP) is 2.76. The highest BCUT2D eigenvalue weighted by Gasteiger charge is 2.34. The lowest BCUT2D eigenvalue weighted by molar-refractivity contribution is 0.0555. The Kier molecular flexibility index (Phi) is 4.91. The zero-order valence-corrected chi connectivity index (χ0v) is 15.7. The van der Waals surface area contributed by atoms with Gasteiger partial charge in [0.25, 0.3) is 5.91 Å². The molecule has 3 heterocycles. The molecule has 1 aromatic heterocycles. The number of carbonyl (C=O) groups is 2. The van der Waals surface area contributed by atoms with E-state index in [-0.39, 0.29) is 11.7 Å². The van der Waals surface area contributed by atoms with Crippen LogP contribution in [0.15, 0.2) is 4.42 Å². The van der Waals surface area contributed by atoms with Crippen LogP contribution in [-0.2, 0) is 6.42 Å². The van der Waals surface area contributed by atoms with Gasteiger partial charge in [0.2, 0.25) is 0 Å². The molecule has 4 rings (SSSR count). The first-order chi connectivity index (χ1) is 12.1. The van der Waals surface area contributed by atoms with Crippen molar-refractivity contribution in [3.8, 4) is 0 Å². The molecule has 1 aliphatic carbocycles. The fraction of sp³-hybridized carbons (Fsp3) is 0.684. The molecule has 0 bridgehead atoms. The minimum atomic E-state index is -0.0170. The maximum Gasteiger partial charge on any atom is 0.258 e. The molecule has 0 spiro atoms. The van der Waals surface area contributed by atoms with Gasteiger partial charge in [0.15, 0.2) is 5.78 Å². The van der Waals surface area contributed by atoms with Gasteiger partial charge in [-0.2, -0.15) is 11.8 Å². The Bertz CT molecular complexity index is 670. The first-order valence-electron chi connectivity index (χ1n) is 9.41. The van der Waals surface area contributed by atoms with Gasteiger partial charge in [0, 0.05) is 45.1 Å². The van der Waals surface area contributed by atoms with E-state index in [1.54, 1.807) is 0 Å². The van der Waals surface area contributed by atoms with Crippen LogP contribution in [0.1, 0.15) is 57.9 Å². The van der Waals surface area contributed by atoms with Crippen molar-refractivity contribution >= 4 is 23.5 Å². The molecule has 2 saturated heterocycles. The molecule has 0 radical (unpaired) electrons. The monoisotopic (exact) mass is 362 g/mol. The number of nitrogens with zero attached hydrogens (tertiary/aromatic N) is 2. The third-order valence-corrected chi connectivity index (χ3v) is 6.82. The highest BCUT2D eigenvalue weighted by atomic mass is 32.2. The Labute approximate surface area is 153 Å². The summed E-state index contributed by atoms with van der Waals surface area (Å²) in [4.78, 5) is 29.9.